The van der Waals surface area contributed by atoms with Crippen LogP contribution >= 0.6 is 11.3 Å². The van der Waals surface area contributed by atoms with Crippen molar-refractivity contribution in [2.75, 3.05) is 5.32 Å². The third kappa shape index (κ3) is 6.39. The summed E-state index contributed by atoms with van der Waals surface area (Å²) in [5.74, 6) is 0.616. The molecule has 0 bridgehead atoms. The molecular weight excluding hydrogens is 514 g/mol. The second kappa shape index (κ2) is 11.7. The van der Waals surface area contributed by atoms with E-state index in [0.717, 1.165) is 16.0 Å². The van der Waals surface area contributed by atoms with E-state index < -0.39 is 5.97 Å². The zero-order chi connectivity index (χ0) is 27.2. The number of carbonyl (C=O) groups excluding carboxylic acids is 1. The second-order valence-corrected chi connectivity index (χ2v) is 9.79. The maximum Gasteiger partial charge on any atom is 0.303 e. The van der Waals surface area contributed by atoms with Crippen LogP contribution in [0.25, 0.3) is 22.7 Å². The van der Waals surface area contributed by atoms with E-state index in [1.54, 1.807) is 24.3 Å². The van der Waals surface area contributed by atoms with E-state index in [2.05, 4.69) is 15.3 Å². The average Bonchev–Trinajstić information content (AvgIpc) is 3.54. The van der Waals surface area contributed by atoms with Crippen molar-refractivity contribution in [1.82, 2.24) is 9.97 Å². The number of hydrogen-bond acceptors (Lipinski definition) is 7. The lowest BCUT2D eigenvalue weighted by molar-refractivity contribution is -0.136. The van der Waals surface area contributed by atoms with Crippen LogP contribution in [0.3, 0.4) is 0 Å². The molecular formula is C30H25N3O5S. The summed E-state index contributed by atoms with van der Waals surface area (Å²) >= 11 is 1.28. The summed E-state index contributed by atoms with van der Waals surface area (Å²) in [4.78, 5) is 34.0. The number of aliphatic carboxylic acids is 1. The van der Waals surface area contributed by atoms with Gasteiger partial charge in [-0.25, -0.2) is 9.97 Å². The highest BCUT2D eigenvalue weighted by Crippen LogP contribution is 2.32. The monoisotopic (exact) mass is 539 g/mol. The number of rotatable bonds is 10. The fraction of sp³-hybridized carbons (Fsp3) is 0.133. The van der Waals surface area contributed by atoms with E-state index in [9.17, 15) is 9.59 Å². The van der Waals surface area contributed by atoms with Crippen molar-refractivity contribution in [3.8, 4) is 28.5 Å². The lowest BCUT2D eigenvalue weighted by Gasteiger charge is -2.06. The largest absolute Gasteiger partial charge is 0.487 e. The van der Waals surface area contributed by atoms with Crippen LogP contribution in [0.4, 0.5) is 5.13 Å². The van der Waals surface area contributed by atoms with E-state index in [0.29, 0.717) is 45.9 Å². The van der Waals surface area contributed by atoms with Gasteiger partial charge in [-0.2, -0.15) is 0 Å². The fourth-order valence-corrected chi connectivity index (χ4v) is 4.88. The number of thiazole rings is 1. The van der Waals surface area contributed by atoms with Crippen molar-refractivity contribution in [3.05, 3.63) is 107 Å². The lowest BCUT2D eigenvalue weighted by atomic mass is 10.1. The summed E-state index contributed by atoms with van der Waals surface area (Å²) < 4.78 is 11.7. The van der Waals surface area contributed by atoms with E-state index >= 15 is 0 Å². The van der Waals surface area contributed by atoms with Crippen LogP contribution < -0.4 is 10.1 Å². The van der Waals surface area contributed by atoms with Crippen molar-refractivity contribution in [1.29, 1.82) is 0 Å². The molecule has 0 spiro atoms. The predicted molar refractivity (Wildman–Crippen MR) is 149 cm³/mol. The van der Waals surface area contributed by atoms with Gasteiger partial charge in [-0.3, -0.25) is 14.9 Å². The molecule has 0 aliphatic heterocycles. The molecule has 0 saturated heterocycles. The van der Waals surface area contributed by atoms with Gasteiger partial charge >= 0.3 is 5.97 Å². The Labute approximate surface area is 229 Å². The van der Waals surface area contributed by atoms with Gasteiger partial charge in [0, 0.05) is 21.6 Å². The minimum absolute atomic E-state index is 0.0156. The number of oxazole rings is 1. The van der Waals surface area contributed by atoms with Crippen LogP contribution in [0.2, 0.25) is 0 Å². The first-order chi connectivity index (χ1) is 19.0. The van der Waals surface area contributed by atoms with Crippen molar-refractivity contribution in [2.24, 2.45) is 0 Å². The van der Waals surface area contributed by atoms with E-state index in [1.807, 2.05) is 67.6 Å². The third-order valence-electron chi connectivity index (χ3n) is 5.94. The number of carboxylic acids is 1. The van der Waals surface area contributed by atoms with E-state index in [-0.39, 0.29) is 18.9 Å². The summed E-state index contributed by atoms with van der Waals surface area (Å²) in [6, 6.07) is 26.0. The summed E-state index contributed by atoms with van der Waals surface area (Å²) in [7, 11) is 0. The highest BCUT2D eigenvalue weighted by Gasteiger charge is 2.17. The summed E-state index contributed by atoms with van der Waals surface area (Å²) in [5.41, 5.74) is 3.59. The normalized spacial score (nSPS) is 10.8. The molecule has 2 aromatic heterocycles. The predicted octanol–water partition coefficient (Wildman–Crippen LogP) is 6.62. The smallest absolute Gasteiger partial charge is 0.303 e. The molecule has 1 amide bonds. The third-order valence-corrected chi connectivity index (χ3v) is 6.97. The van der Waals surface area contributed by atoms with Gasteiger partial charge in [-0.1, -0.05) is 48.5 Å². The molecule has 0 aliphatic carbocycles. The zero-order valence-electron chi connectivity index (χ0n) is 21.1. The van der Waals surface area contributed by atoms with Gasteiger partial charge in [-0.05, 0) is 49.7 Å². The van der Waals surface area contributed by atoms with E-state index in [4.69, 9.17) is 14.3 Å². The second-order valence-electron chi connectivity index (χ2n) is 8.71. The van der Waals surface area contributed by atoms with Crippen LogP contribution in [-0.4, -0.2) is 27.0 Å². The molecule has 0 atom stereocenters. The number of nitrogens with zero attached hydrogens (tertiary/aromatic N) is 2. The van der Waals surface area contributed by atoms with Crippen LogP contribution in [0.1, 0.15) is 33.1 Å². The van der Waals surface area contributed by atoms with Gasteiger partial charge in [0.2, 0.25) is 5.89 Å². The number of nitrogens with one attached hydrogen (secondary N) is 1. The number of carbonyl (C=O) groups is 2. The number of amides is 1. The van der Waals surface area contributed by atoms with Gasteiger partial charge in [0.25, 0.3) is 5.91 Å². The molecule has 5 aromatic rings. The fourth-order valence-electron chi connectivity index (χ4n) is 3.91. The van der Waals surface area contributed by atoms with Crippen molar-refractivity contribution in [2.45, 2.75) is 26.4 Å². The van der Waals surface area contributed by atoms with Gasteiger partial charge in [0.05, 0.1) is 12.1 Å². The van der Waals surface area contributed by atoms with Gasteiger partial charge < -0.3 is 14.3 Å². The summed E-state index contributed by atoms with van der Waals surface area (Å²) in [5, 5.41) is 12.4. The number of aromatic nitrogens is 2. The number of anilines is 1. The van der Waals surface area contributed by atoms with Gasteiger partial charge in [-0.15, -0.1) is 11.3 Å². The lowest BCUT2D eigenvalue weighted by Crippen LogP contribution is -2.11. The minimum atomic E-state index is -0.884. The first-order valence-electron chi connectivity index (χ1n) is 12.3. The van der Waals surface area contributed by atoms with Gasteiger partial charge in [0.1, 0.15) is 23.8 Å². The molecule has 0 fully saturated rings. The molecule has 0 radical (unpaired) electrons. The molecule has 9 heteroatoms. The Morgan fingerprint density at radius 3 is 2.26 bits per heavy atom. The standard InChI is InChI=1S/C30H25N3O5S/c1-19-24(31-29(38-19)22-10-6-3-7-11-22)18-37-23-14-12-21(13-15-23)28(36)33-30-32-27(20-8-4-2-5-9-20)25(39-30)16-17-26(34)35/h2-15H,16-18H2,1H3,(H,34,35)(H,32,33,36). The Bertz CT molecular complexity index is 1580. The molecule has 8 nitrogen and oxygen atoms in total. The Morgan fingerprint density at radius 2 is 1.59 bits per heavy atom. The molecule has 3 aromatic carbocycles. The molecule has 5 rings (SSSR count). The topological polar surface area (TPSA) is 115 Å². The van der Waals surface area contributed by atoms with Crippen molar-refractivity contribution < 1.29 is 23.8 Å². The van der Waals surface area contributed by atoms with Crippen LogP contribution in [-0.2, 0) is 17.8 Å². The summed E-state index contributed by atoms with van der Waals surface area (Å²) in [6.45, 7) is 2.08. The van der Waals surface area contributed by atoms with Gasteiger partial charge in [0.15, 0.2) is 5.13 Å². The average molecular weight is 540 g/mol. The Hall–Kier alpha value is -4.76. The molecule has 2 N–H and O–H groups in total. The minimum Gasteiger partial charge on any atom is -0.487 e. The first-order valence-corrected chi connectivity index (χ1v) is 13.1. The highest BCUT2D eigenvalue weighted by atomic mass is 32.1. The Balaban J connectivity index is 1.24. The number of hydrogen-bond donors (Lipinski definition) is 2. The highest BCUT2D eigenvalue weighted by molar-refractivity contribution is 7.16. The molecule has 2 heterocycles. The molecule has 196 valence electrons. The van der Waals surface area contributed by atoms with Crippen molar-refractivity contribution in [3.63, 3.8) is 0 Å². The number of ether oxygens (including phenoxy) is 1. The molecule has 0 unspecified atom stereocenters. The van der Waals surface area contributed by atoms with Crippen LogP contribution in [0.15, 0.2) is 89.3 Å². The maximum atomic E-state index is 12.9. The van der Waals surface area contributed by atoms with Crippen LogP contribution in [0.5, 0.6) is 5.75 Å². The number of carboxylic acid groups (broad SMARTS) is 1. The molecule has 39 heavy (non-hydrogen) atoms. The maximum absolute atomic E-state index is 12.9. The SMILES string of the molecule is Cc1oc(-c2ccccc2)nc1COc1ccc(C(=O)Nc2nc(-c3ccccc3)c(CCC(=O)O)s2)cc1. The molecule has 0 saturated carbocycles. The Morgan fingerprint density at radius 1 is 0.923 bits per heavy atom. The Kier molecular flexibility index (Phi) is 7.79. The first kappa shape index (κ1) is 25.9. The molecule has 0 aliphatic rings. The zero-order valence-corrected chi connectivity index (χ0v) is 21.9. The number of aryl methyl sites for hydroxylation is 2. The quantitative estimate of drug-likeness (QED) is 0.205. The van der Waals surface area contributed by atoms with Crippen molar-refractivity contribution >= 4 is 28.3 Å². The number of benzene rings is 3. The van der Waals surface area contributed by atoms with Crippen LogP contribution in [0, 0.1) is 6.92 Å². The van der Waals surface area contributed by atoms with E-state index in [1.165, 1.54) is 11.3 Å². The summed E-state index contributed by atoms with van der Waals surface area (Å²) in [6.07, 6.45) is 0.315.